The molecule has 3 heteroatoms. The zero-order valence-corrected chi connectivity index (χ0v) is 11.0. The Morgan fingerprint density at radius 1 is 1.15 bits per heavy atom. The molecule has 1 atom stereocenters. The first-order valence-electron chi connectivity index (χ1n) is 6.77. The molecule has 0 radical (unpaired) electrons. The second-order valence-corrected chi connectivity index (χ2v) is 5.12. The van der Waals surface area contributed by atoms with Crippen LogP contribution in [0.15, 0.2) is 47.6 Å². The molecule has 0 aromatic heterocycles. The number of rotatable bonds is 2. The van der Waals surface area contributed by atoms with Crippen LogP contribution in [-0.2, 0) is 6.42 Å². The number of nitroso groups, excluding NO2 is 1. The van der Waals surface area contributed by atoms with Gasteiger partial charge in [0.2, 0.25) is 0 Å². The average Bonchev–Trinajstić information content (AvgIpc) is 2.53. The SMILES string of the molecule is N#Cc1cccc(-c2ccc3c(c2)CCCC3N=O)c1. The van der Waals surface area contributed by atoms with Crippen LogP contribution in [0.5, 0.6) is 0 Å². The Hall–Kier alpha value is -2.47. The second kappa shape index (κ2) is 5.26. The van der Waals surface area contributed by atoms with E-state index in [-0.39, 0.29) is 6.04 Å². The smallest absolute Gasteiger partial charge is 0.117 e. The van der Waals surface area contributed by atoms with Gasteiger partial charge in [-0.3, -0.25) is 0 Å². The number of hydrogen-bond donors (Lipinski definition) is 0. The summed E-state index contributed by atoms with van der Waals surface area (Å²) in [6, 6.07) is 15.7. The molecule has 1 aliphatic rings. The van der Waals surface area contributed by atoms with Gasteiger partial charge in [-0.2, -0.15) is 10.2 Å². The number of benzene rings is 2. The molecule has 2 aromatic rings. The lowest BCUT2D eigenvalue weighted by Gasteiger charge is -2.21. The number of hydrogen-bond acceptors (Lipinski definition) is 3. The summed E-state index contributed by atoms with van der Waals surface area (Å²) in [5, 5.41) is 12.2. The highest BCUT2D eigenvalue weighted by atomic mass is 16.3. The highest BCUT2D eigenvalue weighted by molar-refractivity contribution is 5.67. The van der Waals surface area contributed by atoms with E-state index >= 15 is 0 Å². The van der Waals surface area contributed by atoms with Crippen LogP contribution in [0.2, 0.25) is 0 Å². The molecule has 0 aliphatic heterocycles. The monoisotopic (exact) mass is 262 g/mol. The Morgan fingerprint density at radius 2 is 2.00 bits per heavy atom. The van der Waals surface area contributed by atoms with Crippen LogP contribution >= 0.6 is 0 Å². The van der Waals surface area contributed by atoms with E-state index in [4.69, 9.17) is 5.26 Å². The Bertz CT molecular complexity index is 700. The van der Waals surface area contributed by atoms with Gasteiger partial charge in [-0.1, -0.05) is 35.5 Å². The number of aryl methyl sites for hydroxylation is 1. The zero-order valence-electron chi connectivity index (χ0n) is 11.0. The lowest BCUT2D eigenvalue weighted by atomic mass is 9.86. The van der Waals surface area contributed by atoms with Crippen LogP contribution in [0.25, 0.3) is 11.1 Å². The Kier molecular flexibility index (Phi) is 3.30. The molecule has 2 aromatic carbocycles. The van der Waals surface area contributed by atoms with Gasteiger partial charge in [0.1, 0.15) is 6.04 Å². The van der Waals surface area contributed by atoms with Gasteiger partial charge in [-0.25, -0.2) is 0 Å². The molecule has 0 saturated carbocycles. The van der Waals surface area contributed by atoms with Crippen molar-refractivity contribution in [2.24, 2.45) is 5.18 Å². The zero-order chi connectivity index (χ0) is 13.9. The van der Waals surface area contributed by atoms with Gasteiger partial charge in [0.05, 0.1) is 11.6 Å². The molecule has 0 spiro atoms. The predicted octanol–water partition coefficient (Wildman–Crippen LogP) is 4.37. The van der Waals surface area contributed by atoms with E-state index in [2.05, 4.69) is 17.3 Å². The maximum absolute atomic E-state index is 10.9. The van der Waals surface area contributed by atoms with Crippen LogP contribution in [0.3, 0.4) is 0 Å². The summed E-state index contributed by atoms with van der Waals surface area (Å²) >= 11 is 0. The lowest BCUT2D eigenvalue weighted by molar-refractivity contribution is 0.569. The molecular weight excluding hydrogens is 248 g/mol. The van der Waals surface area contributed by atoms with Crippen molar-refractivity contribution in [3.05, 3.63) is 64.1 Å². The molecule has 0 bridgehead atoms. The fraction of sp³-hybridized carbons (Fsp3) is 0.235. The minimum Gasteiger partial charge on any atom is -0.192 e. The van der Waals surface area contributed by atoms with Crippen LogP contribution in [0, 0.1) is 16.2 Å². The topological polar surface area (TPSA) is 53.2 Å². The van der Waals surface area contributed by atoms with Crippen LogP contribution < -0.4 is 0 Å². The molecule has 1 aliphatic carbocycles. The van der Waals surface area contributed by atoms with Crippen LogP contribution in [0.4, 0.5) is 0 Å². The molecule has 0 N–H and O–H groups in total. The predicted molar refractivity (Wildman–Crippen MR) is 78.1 cm³/mol. The maximum atomic E-state index is 10.9. The minimum atomic E-state index is -0.196. The fourth-order valence-electron chi connectivity index (χ4n) is 2.85. The van der Waals surface area contributed by atoms with Gasteiger partial charge in [0, 0.05) is 0 Å². The normalized spacial score (nSPS) is 17.1. The molecule has 3 nitrogen and oxygen atoms in total. The summed E-state index contributed by atoms with van der Waals surface area (Å²) in [6.45, 7) is 0. The second-order valence-electron chi connectivity index (χ2n) is 5.12. The quantitative estimate of drug-likeness (QED) is 0.754. The van der Waals surface area contributed by atoms with Crippen molar-refractivity contribution in [3.8, 4) is 17.2 Å². The molecule has 20 heavy (non-hydrogen) atoms. The molecule has 0 saturated heterocycles. The van der Waals surface area contributed by atoms with E-state index in [1.807, 2.05) is 30.3 Å². The van der Waals surface area contributed by atoms with Crippen molar-refractivity contribution in [2.75, 3.05) is 0 Å². The summed E-state index contributed by atoms with van der Waals surface area (Å²) in [7, 11) is 0. The molecule has 0 amide bonds. The van der Waals surface area contributed by atoms with Gasteiger partial charge in [0.25, 0.3) is 0 Å². The standard InChI is InChI=1S/C17H14N2O/c18-11-12-3-1-4-13(9-12)14-7-8-16-15(10-14)5-2-6-17(16)19-20/h1,3-4,7-10,17H,2,5-6H2. The molecule has 0 heterocycles. The maximum Gasteiger partial charge on any atom is 0.117 e. The summed E-state index contributed by atoms with van der Waals surface area (Å²) in [6.07, 6.45) is 2.85. The van der Waals surface area contributed by atoms with Crippen molar-refractivity contribution in [3.63, 3.8) is 0 Å². The molecule has 1 unspecified atom stereocenters. The van der Waals surface area contributed by atoms with E-state index < -0.39 is 0 Å². The van der Waals surface area contributed by atoms with Gasteiger partial charge in [-0.15, -0.1) is 0 Å². The molecule has 98 valence electrons. The van der Waals surface area contributed by atoms with Crippen molar-refractivity contribution < 1.29 is 0 Å². The Morgan fingerprint density at radius 3 is 2.80 bits per heavy atom. The third-order valence-corrected chi connectivity index (χ3v) is 3.88. The fourth-order valence-corrected chi connectivity index (χ4v) is 2.85. The highest BCUT2D eigenvalue weighted by Gasteiger charge is 2.20. The average molecular weight is 262 g/mol. The first-order valence-corrected chi connectivity index (χ1v) is 6.77. The summed E-state index contributed by atoms with van der Waals surface area (Å²) < 4.78 is 0. The van der Waals surface area contributed by atoms with Gasteiger partial charge < -0.3 is 0 Å². The summed E-state index contributed by atoms with van der Waals surface area (Å²) in [5.41, 5.74) is 5.06. The first-order chi connectivity index (χ1) is 9.81. The molecule has 0 fully saturated rings. The lowest BCUT2D eigenvalue weighted by Crippen LogP contribution is -2.07. The minimum absolute atomic E-state index is 0.196. The summed E-state index contributed by atoms with van der Waals surface area (Å²) in [4.78, 5) is 10.9. The Labute approximate surface area is 117 Å². The van der Waals surface area contributed by atoms with Gasteiger partial charge >= 0.3 is 0 Å². The number of fused-ring (bicyclic) bond motifs is 1. The van der Waals surface area contributed by atoms with Crippen molar-refractivity contribution in [2.45, 2.75) is 25.3 Å². The Balaban J connectivity index is 2.04. The summed E-state index contributed by atoms with van der Waals surface area (Å²) in [5.74, 6) is 0. The highest BCUT2D eigenvalue weighted by Crippen LogP contribution is 2.35. The third kappa shape index (κ3) is 2.21. The van der Waals surface area contributed by atoms with E-state index in [1.54, 1.807) is 6.07 Å². The van der Waals surface area contributed by atoms with Crippen LogP contribution in [0.1, 0.15) is 35.6 Å². The van der Waals surface area contributed by atoms with Gasteiger partial charge in [0.15, 0.2) is 0 Å². The van der Waals surface area contributed by atoms with E-state index in [0.717, 1.165) is 36.0 Å². The molecule has 3 rings (SSSR count). The number of nitrogens with zero attached hydrogens (tertiary/aromatic N) is 2. The largest absolute Gasteiger partial charge is 0.192 e. The molecular formula is C17H14N2O. The van der Waals surface area contributed by atoms with Crippen molar-refractivity contribution >= 4 is 0 Å². The van der Waals surface area contributed by atoms with E-state index in [0.29, 0.717) is 5.56 Å². The first kappa shape index (κ1) is 12.6. The van der Waals surface area contributed by atoms with Crippen molar-refractivity contribution in [1.29, 1.82) is 5.26 Å². The van der Waals surface area contributed by atoms with E-state index in [1.165, 1.54) is 5.56 Å². The van der Waals surface area contributed by atoms with Gasteiger partial charge in [-0.05, 0) is 53.6 Å². The third-order valence-electron chi connectivity index (χ3n) is 3.88. The van der Waals surface area contributed by atoms with Crippen molar-refractivity contribution in [1.82, 2.24) is 0 Å². The van der Waals surface area contributed by atoms with E-state index in [9.17, 15) is 4.91 Å². The number of nitriles is 1. The van der Waals surface area contributed by atoms with Crippen LogP contribution in [-0.4, -0.2) is 0 Å².